The molecule has 0 aromatic rings. The van der Waals surface area contributed by atoms with Crippen LogP contribution in [-0.2, 0) is 0 Å². The normalized spacial score (nSPS) is 1.00. The van der Waals surface area contributed by atoms with E-state index in [4.69, 9.17) is 10.5 Å². The summed E-state index contributed by atoms with van der Waals surface area (Å²) in [7, 11) is 0. The van der Waals surface area contributed by atoms with Gasteiger partial charge in [-0.2, -0.15) is 0 Å². The van der Waals surface area contributed by atoms with Crippen LogP contribution in [0.25, 0.3) is 0 Å². The molecule has 0 aromatic heterocycles. The maximum atomic E-state index is 7.00. The van der Waals surface area contributed by atoms with Crippen molar-refractivity contribution >= 4 is 23.1 Å². The van der Waals surface area contributed by atoms with Crippen LogP contribution >= 0.6 is 0 Å². The monoisotopic (exact) mass is 107 g/mol. The van der Waals surface area contributed by atoms with Crippen LogP contribution in [0.15, 0.2) is 0 Å². The predicted octanol–water partition coefficient (Wildman–Crippen LogP) is -3.29. The molecule has 6 heavy (non-hydrogen) atoms. The molecule has 0 spiro atoms. The van der Waals surface area contributed by atoms with Gasteiger partial charge in [-0.15, -0.1) is 0 Å². The van der Waals surface area contributed by atoms with Gasteiger partial charge in [0, 0.05) is 0 Å². The summed E-state index contributed by atoms with van der Waals surface area (Å²) in [6.07, 6.45) is 0. The van der Waals surface area contributed by atoms with E-state index in [2.05, 4.69) is 0 Å². The fourth-order valence-electron chi connectivity index (χ4n) is 0. The maximum absolute atomic E-state index is 7.00. The van der Waals surface area contributed by atoms with E-state index in [1.54, 1.807) is 0 Å². The molecule has 0 aliphatic rings. The molecule has 3 N–H and O–H groups in total. The van der Waals surface area contributed by atoms with Crippen LogP contribution in [0.3, 0.4) is 0 Å². The summed E-state index contributed by atoms with van der Waals surface area (Å²) >= 11 is 0. The summed E-state index contributed by atoms with van der Waals surface area (Å²) in [6.45, 7) is 0. The molecule has 0 bridgehead atoms. The van der Waals surface area contributed by atoms with E-state index in [0.29, 0.717) is 0 Å². The summed E-state index contributed by atoms with van der Waals surface area (Å²) in [6, 6.07) is 0. The standard InChI is InChI=1S/Mg.O2.3H2O/c;1-2;;;/h;;3*1H2/q+2;-2;;;/p-3. The SMILES string of the molecule is [Mg+2].[O-][O-].[OH-].[OH-].[OH-]. The molecule has 0 fully saturated rings. The first-order chi connectivity index (χ1) is 1.00. The topological polar surface area (TPSA) is 136 Å². The Labute approximate surface area is 50.6 Å². The molecule has 0 saturated heterocycles. The first-order valence-corrected chi connectivity index (χ1v) is 0.167. The molecule has 0 atom stereocenters. The van der Waals surface area contributed by atoms with Crippen molar-refractivity contribution in [1.29, 1.82) is 0 Å². The molecule has 0 aliphatic heterocycles. The van der Waals surface area contributed by atoms with Crippen LogP contribution in [0.1, 0.15) is 0 Å². The summed E-state index contributed by atoms with van der Waals surface area (Å²) in [5.41, 5.74) is 0. The number of hydrogen-bond donors (Lipinski definition) is 0. The Morgan fingerprint density at radius 1 is 0.667 bits per heavy atom. The molecule has 0 radical (unpaired) electrons. The number of rotatable bonds is 0. The van der Waals surface area contributed by atoms with Crippen molar-refractivity contribution in [2.75, 3.05) is 0 Å². The third kappa shape index (κ3) is 181. The van der Waals surface area contributed by atoms with E-state index in [9.17, 15) is 0 Å². The first kappa shape index (κ1) is 82.9. The van der Waals surface area contributed by atoms with Gasteiger partial charge in [-0.3, -0.25) is 0 Å². The van der Waals surface area contributed by atoms with Crippen molar-refractivity contribution in [3.05, 3.63) is 0 Å². The van der Waals surface area contributed by atoms with Gasteiger partial charge in [0.15, 0.2) is 0 Å². The zero-order valence-electron chi connectivity index (χ0n) is 2.87. The van der Waals surface area contributed by atoms with Gasteiger partial charge >= 0.3 is 23.1 Å². The van der Waals surface area contributed by atoms with E-state index in [1.807, 2.05) is 0 Å². The van der Waals surface area contributed by atoms with Crippen molar-refractivity contribution < 1.29 is 26.9 Å². The minimum Gasteiger partial charge on any atom is -1.00 e. The van der Waals surface area contributed by atoms with Gasteiger partial charge in [0.2, 0.25) is 0 Å². The quantitative estimate of drug-likeness (QED) is 0.181. The van der Waals surface area contributed by atoms with Crippen LogP contribution in [0.4, 0.5) is 0 Å². The second-order valence-electron chi connectivity index (χ2n) is 0. The Kier molecular flexibility index (Phi) is 5000. The molecular formula is H3MgO5-3. The van der Waals surface area contributed by atoms with Gasteiger partial charge in [-0.25, -0.2) is 0 Å². The van der Waals surface area contributed by atoms with E-state index in [1.165, 1.54) is 0 Å². The van der Waals surface area contributed by atoms with Crippen molar-refractivity contribution in [2.24, 2.45) is 0 Å². The fraction of sp³-hybridized carbons (Fsp3) is 0. The molecule has 0 unspecified atom stereocenters. The van der Waals surface area contributed by atoms with Gasteiger partial charge in [0.05, 0.1) is 0 Å². The van der Waals surface area contributed by atoms with Crippen molar-refractivity contribution in [2.45, 2.75) is 0 Å². The van der Waals surface area contributed by atoms with Crippen LogP contribution in [0, 0.1) is 0 Å². The van der Waals surface area contributed by atoms with E-state index in [-0.39, 0.29) is 39.5 Å². The van der Waals surface area contributed by atoms with Gasteiger partial charge in [0.25, 0.3) is 0 Å². The Hall–Kier alpha value is 0.566. The van der Waals surface area contributed by atoms with Crippen LogP contribution in [-0.4, -0.2) is 39.5 Å². The van der Waals surface area contributed by atoms with E-state index >= 15 is 0 Å². The third-order valence-corrected chi connectivity index (χ3v) is 0. The minimum absolute atomic E-state index is 0. The van der Waals surface area contributed by atoms with Gasteiger partial charge < -0.3 is 26.9 Å². The van der Waals surface area contributed by atoms with Crippen LogP contribution in [0.2, 0.25) is 0 Å². The summed E-state index contributed by atoms with van der Waals surface area (Å²) in [4.78, 5) is 0. The zero-order chi connectivity index (χ0) is 2.00. The van der Waals surface area contributed by atoms with E-state index in [0.717, 1.165) is 0 Å². The Morgan fingerprint density at radius 3 is 0.667 bits per heavy atom. The third-order valence-electron chi connectivity index (χ3n) is 0. The molecular weight excluding hydrogens is 104 g/mol. The average Bonchev–Trinajstić information content (AvgIpc) is 1.00. The maximum Gasteiger partial charge on any atom is 2.00 e. The van der Waals surface area contributed by atoms with Gasteiger partial charge in [0.1, 0.15) is 0 Å². The number of hydrogen-bond acceptors (Lipinski definition) is 5. The largest absolute Gasteiger partial charge is 2.00 e. The summed E-state index contributed by atoms with van der Waals surface area (Å²) in [5, 5.41) is 14.0. The zero-order valence-corrected chi connectivity index (χ0v) is 4.28. The Morgan fingerprint density at radius 2 is 0.667 bits per heavy atom. The molecule has 0 rings (SSSR count). The van der Waals surface area contributed by atoms with Crippen LogP contribution < -0.4 is 10.5 Å². The second-order valence-corrected chi connectivity index (χ2v) is 0. The van der Waals surface area contributed by atoms with Crippen molar-refractivity contribution in [3.8, 4) is 0 Å². The van der Waals surface area contributed by atoms with Gasteiger partial charge in [-0.1, -0.05) is 0 Å². The van der Waals surface area contributed by atoms with Crippen molar-refractivity contribution in [3.63, 3.8) is 0 Å². The second kappa shape index (κ2) is 362. The molecule has 0 heterocycles. The van der Waals surface area contributed by atoms with Crippen LogP contribution in [0.5, 0.6) is 0 Å². The fourth-order valence-corrected chi connectivity index (χ4v) is 0. The molecule has 0 amide bonds. The predicted molar refractivity (Wildman–Crippen MR) is 11.6 cm³/mol. The summed E-state index contributed by atoms with van der Waals surface area (Å²) < 4.78 is 0. The molecule has 6 heteroatoms. The molecule has 0 saturated carbocycles. The molecule has 5 nitrogen and oxygen atoms in total. The van der Waals surface area contributed by atoms with Crippen molar-refractivity contribution in [1.82, 2.24) is 0 Å². The molecule has 0 aromatic carbocycles. The first-order valence-electron chi connectivity index (χ1n) is 0.167. The smallest absolute Gasteiger partial charge is 1.00 e. The molecule has 38 valence electrons. The van der Waals surface area contributed by atoms with Gasteiger partial charge in [-0.05, 0) is 0 Å². The summed E-state index contributed by atoms with van der Waals surface area (Å²) in [5.74, 6) is 0. The minimum atomic E-state index is 0. The molecule has 0 aliphatic carbocycles. The Bertz CT molecular complexity index is 3.90. The Balaban J connectivity index is -0.000000000833. The van der Waals surface area contributed by atoms with E-state index < -0.39 is 0 Å². The average molecular weight is 107 g/mol.